The average Bonchev–Trinajstić information content (AvgIpc) is 3.21. The maximum atomic E-state index is 12.5. The lowest BCUT2D eigenvalue weighted by Gasteiger charge is -2.62. The Morgan fingerprint density at radius 3 is 2.26 bits per heavy atom. The van der Waals surface area contributed by atoms with E-state index in [0.29, 0.717) is 29.7 Å². The Balaban J connectivity index is 0.00000353. The zero-order valence-corrected chi connectivity index (χ0v) is 28.3. The van der Waals surface area contributed by atoms with E-state index in [4.69, 9.17) is 4.74 Å². The van der Waals surface area contributed by atoms with Gasteiger partial charge in [0.15, 0.2) is 0 Å². The summed E-state index contributed by atoms with van der Waals surface area (Å²) in [5, 5.41) is 21.4. The predicted octanol–water partition coefficient (Wildman–Crippen LogP) is 0.688. The number of carbonyl (C=O) groups is 1. The third-order valence-corrected chi connectivity index (χ3v) is 13.8. The predicted molar refractivity (Wildman–Crippen MR) is 161 cm³/mol. The molecule has 42 heavy (non-hydrogen) atoms. The number of carbonyl (C=O) groups excluding carboxylic acids is 1. The number of piperazine rings is 1. The lowest BCUT2D eigenvalue weighted by atomic mass is 9.44. The summed E-state index contributed by atoms with van der Waals surface area (Å²) in [6, 6.07) is 0.536. The van der Waals surface area contributed by atoms with Gasteiger partial charge in [-0.15, -0.1) is 0 Å². The molecule has 0 aromatic heterocycles. The second-order valence-electron chi connectivity index (χ2n) is 16.0. The molecule has 6 rings (SSSR count). The Labute approximate surface area is 265 Å². The molecule has 0 amide bonds. The number of ether oxygens (including phenoxy) is 1. The Morgan fingerprint density at radius 1 is 0.952 bits per heavy atom. The molecule has 4 aliphatic carbocycles. The first kappa shape index (κ1) is 32.9. The monoisotopic (exact) mass is 651 g/mol. The molecule has 5 unspecified atom stereocenters. The molecule has 240 valence electrons. The molecule has 4 saturated carbocycles. The van der Waals surface area contributed by atoms with E-state index >= 15 is 0 Å². The zero-order chi connectivity index (χ0) is 29.2. The number of hydrogen-bond donors (Lipinski definition) is 2. The molecule has 0 aromatic carbocycles. The summed E-state index contributed by atoms with van der Waals surface area (Å²) in [5.74, 6) is 2.40. The molecule has 0 radical (unpaired) electrons. The molecular weight excluding hydrogens is 594 g/mol. The van der Waals surface area contributed by atoms with Gasteiger partial charge in [-0.05, 0) is 93.0 Å². The van der Waals surface area contributed by atoms with Crippen molar-refractivity contribution >= 4 is 5.97 Å². The number of hydrogen-bond acceptors (Lipinski definition) is 6. The fourth-order valence-electron chi connectivity index (χ4n) is 11.4. The van der Waals surface area contributed by atoms with Crippen LogP contribution in [0.5, 0.6) is 0 Å². The fourth-order valence-corrected chi connectivity index (χ4v) is 11.4. The molecule has 0 spiro atoms. The molecule has 2 N–H and O–H groups in total. The minimum atomic E-state index is -0.248. The van der Waals surface area contributed by atoms with Crippen molar-refractivity contribution in [2.45, 2.75) is 109 Å². The van der Waals surface area contributed by atoms with Gasteiger partial charge >= 0.3 is 5.97 Å². The summed E-state index contributed by atoms with van der Waals surface area (Å²) in [7, 11) is 2.35. The van der Waals surface area contributed by atoms with E-state index in [1.165, 1.54) is 19.3 Å². The van der Waals surface area contributed by atoms with Crippen LogP contribution < -0.4 is 17.0 Å². The molecule has 6 aliphatic rings. The third-order valence-electron chi connectivity index (χ3n) is 13.8. The van der Waals surface area contributed by atoms with Gasteiger partial charge in [0.1, 0.15) is 6.10 Å². The standard InChI is InChI=1S/C34H58N3O4.BrH/c1-6-17-37(5)18-15-36(16-19-37)29-21-28-26-8-7-24-20-31(40)30(35-13-10-25(39)11-14-35)22-34(24,4)27(26)9-12-33(28,3)32(29)41-23(2)38;/h6,24-32,39-40H,1,7-22H2,2-5H3;1H/q+1;/p-1/t24?,26-,27-,28+,29?,30?,31?,32?,33+,34+;/m1./s1. The molecule has 0 bridgehead atoms. The van der Waals surface area contributed by atoms with Crippen LogP contribution in [0.3, 0.4) is 0 Å². The zero-order valence-electron chi connectivity index (χ0n) is 26.7. The van der Waals surface area contributed by atoms with E-state index in [0.717, 1.165) is 88.8 Å². The van der Waals surface area contributed by atoms with Gasteiger partial charge in [0, 0.05) is 50.6 Å². The van der Waals surface area contributed by atoms with Crippen molar-refractivity contribution in [3.63, 3.8) is 0 Å². The Kier molecular flexibility index (Phi) is 9.67. The number of esters is 1. The van der Waals surface area contributed by atoms with Crippen LogP contribution in [0, 0.1) is 34.5 Å². The van der Waals surface area contributed by atoms with Gasteiger partial charge in [-0.25, -0.2) is 0 Å². The summed E-state index contributed by atoms with van der Waals surface area (Å²) < 4.78 is 7.37. The number of fused-ring (bicyclic) bond motifs is 5. The number of piperidine rings is 1. The Bertz CT molecular complexity index is 982. The van der Waals surface area contributed by atoms with Crippen molar-refractivity contribution in [1.82, 2.24) is 9.80 Å². The van der Waals surface area contributed by atoms with Crippen molar-refractivity contribution in [3.8, 4) is 0 Å². The second kappa shape index (κ2) is 12.4. The summed E-state index contributed by atoms with van der Waals surface area (Å²) in [6.07, 6.45) is 11.3. The van der Waals surface area contributed by atoms with Crippen molar-refractivity contribution in [2.75, 3.05) is 52.9 Å². The van der Waals surface area contributed by atoms with E-state index in [9.17, 15) is 15.0 Å². The minimum absolute atomic E-state index is 0. The van der Waals surface area contributed by atoms with E-state index < -0.39 is 0 Å². The van der Waals surface area contributed by atoms with Crippen molar-refractivity contribution in [3.05, 3.63) is 12.7 Å². The number of likely N-dealkylation sites (tertiary alicyclic amines) is 1. The smallest absolute Gasteiger partial charge is 0.302 e. The molecule has 8 heteroatoms. The van der Waals surface area contributed by atoms with Crippen LogP contribution in [0.25, 0.3) is 0 Å². The van der Waals surface area contributed by atoms with Crippen LogP contribution in [0.15, 0.2) is 12.7 Å². The highest BCUT2D eigenvalue weighted by Gasteiger charge is 2.65. The summed E-state index contributed by atoms with van der Waals surface area (Å²) in [4.78, 5) is 17.7. The Hall–Kier alpha value is -0.510. The van der Waals surface area contributed by atoms with Crippen LogP contribution in [-0.4, -0.2) is 114 Å². The molecule has 2 aliphatic heterocycles. The lowest BCUT2D eigenvalue weighted by Crippen LogP contribution is -3.00. The molecule has 6 fully saturated rings. The Morgan fingerprint density at radius 2 is 1.62 bits per heavy atom. The largest absolute Gasteiger partial charge is 1.00 e. The van der Waals surface area contributed by atoms with E-state index in [1.807, 2.05) is 0 Å². The van der Waals surface area contributed by atoms with Gasteiger partial charge in [-0.2, -0.15) is 0 Å². The highest BCUT2D eigenvalue weighted by atomic mass is 79.9. The molecule has 2 heterocycles. The topological polar surface area (TPSA) is 73.2 Å². The number of aliphatic hydroxyl groups is 2. The maximum Gasteiger partial charge on any atom is 0.302 e. The molecule has 7 nitrogen and oxygen atoms in total. The van der Waals surface area contributed by atoms with Crippen LogP contribution in [0.1, 0.15) is 78.6 Å². The van der Waals surface area contributed by atoms with E-state index in [1.54, 1.807) is 6.92 Å². The maximum absolute atomic E-state index is 12.5. The van der Waals surface area contributed by atoms with Gasteiger partial charge in [0.05, 0.1) is 38.9 Å². The van der Waals surface area contributed by atoms with Gasteiger partial charge in [0.25, 0.3) is 0 Å². The van der Waals surface area contributed by atoms with Crippen LogP contribution in [-0.2, 0) is 9.53 Å². The summed E-state index contributed by atoms with van der Waals surface area (Å²) in [5.41, 5.74) is 0.280. The van der Waals surface area contributed by atoms with Gasteiger partial charge in [-0.3, -0.25) is 14.6 Å². The average molecular weight is 653 g/mol. The van der Waals surface area contributed by atoms with Crippen LogP contribution >= 0.6 is 0 Å². The molecule has 10 atom stereocenters. The summed E-state index contributed by atoms with van der Waals surface area (Å²) in [6.45, 7) is 17.8. The van der Waals surface area contributed by atoms with Crippen molar-refractivity contribution in [2.24, 2.45) is 34.5 Å². The number of halogens is 1. The lowest BCUT2D eigenvalue weighted by molar-refractivity contribution is -0.908. The molecule has 0 aromatic rings. The van der Waals surface area contributed by atoms with Gasteiger partial charge in [0.2, 0.25) is 0 Å². The highest BCUT2D eigenvalue weighted by Crippen LogP contribution is 2.67. The number of quaternary nitrogens is 1. The highest BCUT2D eigenvalue weighted by molar-refractivity contribution is 5.66. The fraction of sp³-hybridized carbons (Fsp3) is 0.912. The summed E-state index contributed by atoms with van der Waals surface area (Å²) >= 11 is 0. The van der Waals surface area contributed by atoms with E-state index in [-0.39, 0.29) is 58.1 Å². The number of nitrogens with zero attached hydrogens (tertiary/aromatic N) is 3. The van der Waals surface area contributed by atoms with E-state index in [2.05, 4.69) is 43.3 Å². The first-order valence-electron chi connectivity index (χ1n) is 16.9. The number of likely N-dealkylation sites (N-methyl/N-ethyl adjacent to an activating group) is 1. The second-order valence-corrected chi connectivity index (χ2v) is 16.0. The third kappa shape index (κ3) is 5.68. The van der Waals surface area contributed by atoms with Crippen molar-refractivity contribution in [1.29, 1.82) is 0 Å². The van der Waals surface area contributed by atoms with Crippen LogP contribution in [0.2, 0.25) is 0 Å². The number of aliphatic hydroxyl groups excluding tert-OH is 2. The molecular formula is C34H58BrN3O4. The number of rotatable bonds is 5. The molecule has 2 saturated heterocycles. The van der Waals surface area contributed by atoms with Gasteiger partial charge in [-0.1, -0.05) is 20.4 Å². The normalized spacial score (nSPS) is 46.0. The van der Waals surface area contributed by atoms with Gasteiger partial charge < -0.3 is 36.4 Å². The van der Waals surface area contributed by atoms with Crippen molar-refractivity contribution < 1.29 is 41.2 Å². The minimum Gasteiger partial charge on any atom is -1.00 e. The first-order valence-corrected chi connectivity index (χ1v) is 16.9. The quantitative estimate of drug-likeness (QED) is 0.259. The van der Waals surface area contributed by atoms with Crippen LogP contribution in [0.4, 0.5) is 0 Å². The SMILES string of the molecule is C=CC[N+]1(C)CCN(C2C[C@H]3[C@@H]4CCC5CC(O)C(N6CCC(O)CC6)C[C@]5(C)[C@@H]4CC[C@]3(C)C2OC(C)=O)CC1.[Br-]. The first-order chi connectivity index (χ1) is 19.5.